The fourth-order valence-electron chi connectivity index (χ4n) is 1.60. The first-order valence-corrected chi connectivity index (χ1v) is 6.63. The van der Waals surface area contributed by atoms with E-state index in [-0.39, 0.29) is 24.2 Å². The molecule has 106 valence electrons. The van der Waals surface area contributed by atoms with E-state index in [0.29, 0.717) is 17.3 Å². The molecular formula is C12H16Cl2N2O3. The maximum absolute atomic E-state index is 12.3. The molecule has 0 radical (unpaired) electrons. The van der Waals surface area contributed by atoms with E-state index in [1.807, 2.05) is 0 Å². The van der Waals surface area contributed by atoms with E-state index < -0.39 is 5.97 Å². The molecule has 0 aromatic carbocycles. The fraction of sp³-hybridized carbons (Fsp3) is 0.500. The normalized spacial score (nSPS) is 10.4. The molecule has 0 aliphatic heterocycles. The van der Waals surface area contributed by atoms with Crippen LogP contribution in [-0.2, 0) is 16.6 Å². The Morgan fingerprint density at radius 3 is 2.42 bits per heavy atom. The van der Waals surface area contributed by atoms with Crippen LogP contribution >= 0.6 is 23.2 Å². The van der Waals surface area contributed by atoms with E-state index in [9.17, 15) is 9.59 Å². The predicted molar refractivity (Wildman–Crippen MR) is 73.6 cm³/mol. The number of hydrogen-bond donors (Lipinski definition) is 0. The van der Waals surface area contributed by atoms with Gasteiger partial charge >= 0.3 is 5.97 Å². The second-order valence-corrected chi connectivity index (χ2v) is 4.62. The van der Waals surface area contributed by atoms with Gasteiger partial charge in [-0.05, 0) is 19.9 Å². The van der Waals surface area contributed by atoms with Gasteiger partial charge in [0, 0.05) is 13.6 Å². The number of nitrogens with zero attached hydrogens (tertiary/aromatic N) is 2. The zero-order valence-corrected chi connectivity index (χ0v) is 12.6. The second-order valence-electron chi connectivity index (χ2n) is 3.85. The molecule has 0 aliphatic carbocycles. The topological polar surface area (TPSA) is 51.5 Å². The lowest BCUT2D eigenvalue weighted by Gasteiger charge is -2.20. The highest BCUT2D eigenvalue weighted by Crippen LogP contribution is 2.25. The Hall–Kier alpha value is -1.20. The van der Waals surface area contributed by atoms with Gasteiger partial charge in [0.25, 0.3) is 5.91 Å². The fourth-order valence-corrected chi connectivity index (χ4v) is 1.97. The summed E-state index contributed by atoms with van der Waals surface area (Å²) in [6, 6.07) is 1.49. The highest BCUT2D eigenvalue weighted by Gasteiger charge is 2.22. The number of esters is 1. The van der Waals surface area contributed by atoms with Crippen LogP contribution < -0.4 is 0 Å². The van der Waals surface area contributed by atoms with Crippen molar-refractivity contribution in [3.8, 4) is 0 Å². The van der Waals surface area contributed by atoms with E-state index in [4.69, 9.17) is 27.9 Å². The first-order chi connectivity index (χ1) is 8.92. The number of amides is 1. The van der Waals surface area contributed by atoms with Crippen molar-refractivity contribution in [2.24, 2.45) is 7.05 Å². The Kier molecular flexibility index (Phi) is 5.69. The predicted octanol–water partition coefficient (Wildman–Crippen LogP) is 2.36. The standard InChI is InChI=1S/C12H16Cl2N2O3/c1-4-16(7-10(17)19-5-2)12(18)9-6-8(13)11(14)15(9)3/h6H,4-5,7H2,1-3H3. The van der Waals surface area contributed by atoms with Crippen LogP contribution in [0.4, 0.5) is 0 Å². The number of hydrogen-bond acceptors (Lipinski definition) is 3. The molecule has 1 heterocycles. The molecule has 5 nitrogen and oxygen atoms in total. The van der Waals surface area contributed by atoms with Crippen molar-refractivity contribution in [1.82, 2.24) is 9.47 Å². The molecule has 1 aromatic heterocycles. The number of halogens is 2. The molecular weight excluding hydrogens is 291 g/mol. The lowest BCUT2D eigenvalue weighted by atomic mass is 10.3. The van der Waals surface area contributed by atoms with Crippen LogP contribution in [0.1, 0.15) is 24.3 Å². The summed E-state index contributed by atoms with van der Waals surface area (Å²) in [5.74, 6) is -0.754. The SMILES string of the molecule is CCOC(=O)CN(CC)C(=O)c1cc(Cl)c(Cl)n1C. The van der Waals surface area contributed by atoms with Crippen LogP contribution in [0.3, 0.4) is 0 Å². The number of aromatic nitrogens is 1. The van der Waals surface area contributed by atoms with Crippen LogP contribution in [0.2, 0.25) is 10.2 Å². The first kappa shape index (κ1) is 15.9. The molecule has 0 bridgehead atoms. The van der Waals surface area contributed by atoms with Gasteiger partial charge in [0.05, 0.1) is 11.6 Å². The smallest absolute Gasteiger partial charge is 0.325 e. The highest BCUT2D eigenvalue weighted by atomic mass is 35.5. The molecule has 0 spiro atoms. The molecule has 1 rings (SSSR count). The zero-order valence-electron chi connectivity index (χ0n) is 11.1. The van der Waals surface area contributed by atoms with Crippen LogP contribution in [0, 0.1) is 0 Å². The van der Waals surface area contributed by atoms with Gasteiger partial charge in [0.1, 0.15) is 17.4 Å². The number of carbonyl (C=O) groups excluding carboxylic acids is 2. The van der Waals surface area contributed by atoms with Crippen molar-refractivity contribution in [2.45, 2.75) is 13.8 Å². The molecule has 0 saturated heterocycles. The van der Waals surface area contributed by atoms with Gasteiger partial charge in [-0.15, -0.1) is 0 Å². The van der Waals surface area contributed by atoms with Crippen molar-refractivity contribution >= 4 is 35.1 Å². The minimum absolute atomic E-state index is 0.0937. The number of rotatable bonds is 5. The Balaban J connectivity index is 2.89. The van der Waals surface area contributed by atoms with E-state index in [0.717, 1.165) is 0 Å². The van der Waals surface area contributed by atoms with E-state index in [2.05, 4.69) is 0 Å². The Labute approximate surface area is 122 Å². The highest BCUT2D eigenvalue weighted by molar-refractivity contribution is 6.41. The van der Waals surface area contributed by atoms with E-state index in [1.165, 1.54) is 15.5 Å². The summed E-state index contributed by atoms with van der Waals surface area (Å²) >= 11 is 11.8. The summed E-state index contributed by atoms with van der Waals surface area (Å²) in [5, 5.41) is 0.594. The summed E-state index contributed by atoms with van der Waals surface area (Å²) in [6.45, 7) is 4.07. The van der Waals surface area contributed by atoms with Gasteiger partial charge in [-0.1, -0.05) is 23.2 Å². The number of ether oxygens (including phenoxy) is 1. The average molecular weight is 307 g/mol. The van der Waals surface area contributed by atoms with Gasteiger partial charge in [-0.3, -0.25) is 9.59 Å². The van der Waals surface area contributed by atoms with Gasteiger partial charge < -0.3 is 14.2 Å². The lowest BCUT2D eigenvalue weighted by Crippen LogP contribution is -2.37. The molecule has 1 amide bonds. The lowest BCUT2D eigenvalue weighted by molar-refractivity contribution is -0.143. The van der Waals surface area contributed by atoms with Crippen molar-refractivity contribution in [3.05, 3.63) is 21.9 Å². The van der Waals surface area contributed by atoms with Gasteiger partial charge in [0.2, 0.25) is 0 Å². The average Bonchev–Trinajstić information content (AvgIpc) is 2.63. The van der Waals surface area contributed by atoms with Gasteiger partial charge in [0.15, 0.2) is 0 Å². The van der Waals surface area contributed by atoms with Crippen molar-refractivity contribution in [1.29, 1.82) is 0 Å². The third kappa shape index (κ3) is 3.64. The zero-order chi connectivity index (χ0) is 14.6. The number of likely N-dealkylation sites (N-methyl/N-ethyl adjacent to an activating group) is 1. The van der Waals surface area contributed by atoms with Crippen molar-refractivity contribution in [3.63, 3.8) is 0 Å². The summed E-state index contributed by atoms with van der Waals surface area (Å²) in [4.78, 5) is 25.1. The maximum Gasteiger partial charge on any atom is 0.325 e. The summed E-state index contributed by atoms with van der Waals surface area (Å²) in [5.41, 5.74) is 0.334. The summed E-state index contributed by atoms with van der Waals surface area (Å²) in [7, 11) is 1.64. The molecule has 0 saturated carbocycles. The Morgan fingerprint density at radius 2 is 2.00 bits per heavy atom. The third-order valence-corrected chi connectivity index (χ3v) is 3.47. The molecule has 0 unspecified atom stereocenters. The van der Waals surface area contributed by atoms with Crippen LogP contribution in [-0.4, -0.2) is 41.0 Å². The minimum Gasteiger partial charge on any atom is -0.465 e. The van der Waals surface area contributed by atoms with Crippen LogP contribution in [0.25, 0.3) is 0 Å². The summed E-state index contributed by atoms with van der Waals surface area (Å²) < 4.78 is 6.31. The molecule has 0 atom stereocenters. The quantitative estimate of drug-likeness (QED) is 0.785. The van der Waals surface area contributed by atoms with Crippen LogP contribution in [0.15, 0.2) is 6.07 Å². The maximum atomic E-state index is 12.3. The minimum atomic E-state index is -0.441. The van der Waals surface area contributed by atoms with Gasteiger partial charge in [-0.25, -0.2) is 0 Å². The Morgan fingerprint density at radius 1 is 1.37 bits per heavy atom. The molecule has 0 aliphatic rings. The monoisotopic (exact) mass is 306 g/mol. The molecule has 0 N–H and O–H groups in total. The molecule has 0 fully saturated rings. The first-order valence-electron chi connectivity index (χ1n) is 5.87. The van der Waals surface area contributed by atoms with Crippen LogP contribution in [0.5, 0.6) is 0 Å². The Bertz CT molecular complexity index is 486. The second kappa shape index (κ2) is 6.82. The van der Waals surface area contributed by atoms with Crippen molar-refractivity contribution in [2.75, 3.05) is 19.7 Å². The molecule has 7 heteroatoms. The largest absolute Gasteiger partial charge is 0.465 e. The van der Waals surface area contributed by atoms with Crippen molar-refractivity contribution < 1.29 is 14.3 Å². The molecule has 1 aromatic rings. The van der Waals surface area contributed by atoms with E-state index in [1.54, 1.807) is 20.9 Å². The number of carbonyl (C=O) groups is 2. The van der Waals surface area contributed by atoms with E-state index >= 15 is 0 Å². The van der Waals surface area contributed by atoms with Gasteiger partial charge in [-0.2, -0.15) is 0 Å². The third-order valence-electron chi connectivity index (χ3n) is 2.63. The summed E-state index contributed by atoms with van der Waals surface area (Å²) in [6.07, 6.45) is 0. The molecule has 19 heavy (non-hydrogen) atoms.